The maximum atomic E-state index is 11.6. The van der Waals surface area contributed by atoms with E-state index in [-0.39, 0.29) is 5.91 Å². The summed E-state index contributed by atoms with van der Waals surface area (Å²) in [5, 5.41) is 3.84. The van der Waals surface area contributed by atoms with Crippen LogP contribution in [0.3, 0.4) is 0 Å². The van der Waals surface area contributed by atoms with E-state index in [1.165, 1.54) is 6.21 Å². The monoisotopic (exact) mass is 363 g/mol. The van der Waals surface area contributed by atoms with Crippen LogP contribution in [-0.2, 0) is 9.53 Å². The second kappa shape index (κ2) is 6.86. The molecule has 0 spiro atoms. The van der Waals surface area contributed by atoms with Crippen LogP contribution in [-0.4, -0.2) is 49.9 Å². The van der Waals surface area contributed by atoms with Crippen LogP contribution >= 0.6 is 22.6 Å². The van der Waals surface area contributed by atoms with Gasteiger partial charge in [0.25, 0.3) is 5.91 Å². The smallest absolute Gasteiger partial charge is 0.254 e. The van der Waals surface area contributed by atoms with E-state index in [2.05, 4.69) is 33.1 Å². The number of halogens is 1. The first-order chi connectivity index (χ1) is 8.74. The summed E-state index contributed by atoms with van der Waals surface area (Å²) in [7, 11) is 0. The van der Waals surface area contributed by atoms with Crippen LogP contribution < -0.4 is 5.43 Å². The van der Waals surface area contributed by atoms with Crippen LogP contribution in [0.25, 0.3) is 0 Å². The van der Waals surface area contributed by atoms with Gasteiger partial charge in [-0.25, -0.2) is 5.43 Å². The van der Waals surface area contributed by atoms with Gasteiger partial charge in [-0.3, -0.25) is 9.69 Å². The highest BCUT2D eigenvalue weighted by Gasteiger charge is 2.13. The molecule has 2 heterocycles. The first-order valence-corrected chi connectivity index (χ1v) is 6.69. The molecule has 1 amide bonds. The van der Waals surface area contributed by atoms with Gasteiger partial charge < -0.3 is 9.15 Å². The SMILES string of the molecule is O=C(CN1CCOCC1)N/N=C\c1ccc(I)o1. The van der Waals surface area contributed by atoms with Crippen molar-refractivity contribution in [3.8, 4) is 0 Å². The Morgan fingerprint density at radius 3 is 2.94 bits per heavy atom. The molecule has 0 saturated carbocycles. The Kier molecular flexibility index (Phi) is 5.14. The summed E-state index contributed by atoms with van der Waals surface area (Å²) < 4.78 is 11.3. The van der Waals surface area contributed by atoms with E-state index < -0.39 is 0 Å². The Morgan fingerprint density at radius 2 is 2.28 bits per heavy atom. The minimum atomic E-state index is -0.130. The number of rotatable bonds is 4. The molecule has 0 unspecified atom stereocenters. The average Bonchev–Trinajstić information content (AvgIpc) is 2.76. The van der Waals surface area contributed by atoms with Gasteiger partial charge >= 0.3 is 0 Å². The van der Waals surface area contributed by atoms with E-state index in [1.807, 2.05) is 11.0 Å². The Hall–Kier alpha value is -0.930. The molecule has 1 fully saturated rings. The molecule has 0 bridgehead atoms. The average molecular weight is 363 g/mol. The molecule has 0 aliphatic carbocycles. The summed E-state index contributed by atoms with van der Waals surface area (Å²) in [6, 6.07) is 3.62. The fraction of sp³-hybridized carbons (Fsp3) is 0.455. The van der Waals surface area contributed by atoms with Crippen molar-refractivity contribution >= 4 is 34.7 Å². The molecule has 98 valence electrons. The third-order valence-corrected chi connectivity index (χ3v) is 3.03. The summed E-state index contributed by atoms with van der Waals surface area (Å²) in [5.74, 6) is 0.487. The highest BCUT2D eigenvalue weighted by Crippen LogP contribution is 2.07. The number of furan rings is 1. The highest BCUT2D eigenvalue weighted by atomic mass is 127. The summed E-state index contributed by atoms with van der Waals surface area (Å²) in [4.78, 5) is 13.6. The third kappa shape index (κ3) is 4.39. The molecule has 1 saturated heterocycles. The highest BCUT2D eigenvalue weighted by molar-refractivity contribution is 14.1. The van der Waals surface area contributed by atoms with Gasteiger partial charge in [0, 0.05) is 13.1 Å². The fourth-order valence-electron chi connectivity index (χ4n) is 1.56. The zero-order chi connectivity index (χ0) is 12.8. The first kappa shape index (κ1) is 13.5. The second-order valence-corrected chi connectivity index (χ2v) is 4.89. The van der Waals surface area contributed by atoms with Crippen molar-refractivity contribution in [3.05, 3.63) is 21.7 Å². The standard InChI is InChI=1S/C11H14IN3O3/c12-10-2-1-9(18-10)7-13-14-11(16)8-15-3-5-17-6-4-15/h1-2,7H,3-6,8H2,(H,14,16)/b13-7-. The molecule has 0 atom stereocenters. The quantitative estimate of drug-likeness (QED) is 0.485. The second-order valence-electron chi connectivity index (χ2n) is 3.82. The van der Waals surface area contributed by atoms with Crippen molar-refractivity contribution < 1.29 is 13.9 Å². The van der Waals surface area contributed by atoms with E-state index in [1.54, 1.807) is 6.07 Å². The largest absolute Gasteiger partial charge is 0.449 e. The van der Waals surface area contributed by atoms with Crippen LogP contribution in [0.1, 0.15) is 5.76 Å². The van der Waals surface area contributed by atoms with Gasteiger partial charge in [0.2, 0.25) is 0 Å². The zero-order valence-electron chi connectivity index (χ0n) is 9.76. The lowest BCUT2D eigenvalue weighted by molar-refractivity contribution is -0.123. The minimum absolute atomic E-state index is 0.130. The van der Waals surface area contributed by atoms with Crippen molar-refractivity contribution in [3.63, 3.8) is 0 Å². The lowest BCUT2D eigenvalue weighted by Crippen LogP contribution is -2.42. The van der Waals surface area contributed by atoms with Crippen LogP contribution in [0.5, 0.6) is 0 Å². The van der Waals surface area contributed by atoms with E-state index in [4.69, 9.17) is 9.15 Å². The molecule has 18 heavy (non-hydrogen) atoms. The van der Waals surface area contributed by atoms with Crippen molar-refractivity contribution in [1.82, 2.24) is 10.3 Å². The van der Waals surface area contributed by atoms with E-state index >= 15 is 0 Å². The topological polar surface area (TPSA) is 67.1 Å². The number of hydrogen-bond donors (Lipinski definition) is 1. The van der Waals surface area contributed by atoms with Crippen molar-refractivity contribution in [2.75, 3.05) is 32.8 Å². The van der Waals surface area contributed by atoms with Gasteiger partial charge in [-0.15, -0.1) is 0 Å². The van der Waals surface area contributed by atoms with Gasteiger partial charge in [-0.05, 0) is 34.7 Å². The predicted octanol–water partition coefficient (Wildman–Crippen LogP) is 0.667. The number of hydrogen-bond acceptors (Lipinski definition) is 5. The van der Waals surface area contributed by atoms with Crippen LogP contribution in [0.4, 0.5) is 0 Å². The maximum absolute atomic E-state index is 11.6. The molecular formula is C11H14IN3O3. The number of nitrogens with one attached hydrogen (secondary N) is 1. The van der Waals surface area contributed by atoms with Gasteiger partial charge in [0.15, 0.2) is 3.77 Å². The fourth-order valence-corrected chi connectivity index (χ4v) is 2.00. The molecular weight excluding hydrogens is 349 g/mol. The van der Waals surface area contributed by atoms with Crippen LogP contribution in [0.15, 0.2) is 21.7 Å². The molecule has 1 aliphatic rings. The molecule has 2 rings (SSSR count). The lowest BCUT2D eigenvalue weighted by atomic mass is 10.4. The summed E-state index contributed by atoms with van der Waals surface area (Å²) in [6.45, 7) is 3.28. The zero-order valence-corrected chi connectivity index (χ0v) is 11.9. The Morgan fingerprint density at radius 1 is 1.50 bits per heavy atom. The van der Waals surface area contributed by atoms with Crippen molar-refractivity contribution in [1.29, 1.82) is 0 Å². The normalized spacial score (nSPS) is 17.2. The first-order valence-electron chi connectivity index (χ1n) is 5.61. The number of ether oxygens (including phenoxy) is 1. The molecule has 0 radical (unpaired) electrons. The van der Waals surface area contributed by atoms with E-state index in [0.717, 1.165) is 16.9 Å². The number of amides is 1. The maximum Gasteiger partial charge on any atom is 0.254 e. The third-order valence-electron chi connectivity index (χ3n) is 2.45. The number of carbonyl (C=O) groups excluding carboxylic acids is 1. The van der Waals surface area contributed by atoms with Gasteiger partial charge in [-0.1, -0.05) is 0 Å². The lowest BCUT2D eigenvalue weighted by Gasteiger charge is -2.25. The molecule has 7 heteroatoms. The van der Waals surface area contributed by atoms with Gasteiger partial charge in [-0.2, -0.15) is 5.10 Å². The molecule has 1 aromatic rings. The predicted molar refractivity (Wildman–Crippen MR) is 74.4 cm³/mol. The summed E-state index contributed by atoms with van der Waals surface area (Å²) in [5.41, 5.74) is 2.47. The number of carbonyl (C=O) groups is 1. The van der Waals surface area contributed by atoms with E-state index in [0.29, 0.717) is 25.5 Å². The van der Waals surface area contributed by atoms with Crippen LogP contribution in [0, 0.1) is 3.77 Å². The van der Waals surface area contributed by atoms with Crippen molar-refractivity contribution in [2.45, 2.75) is 0 Å². The minimum Gasteiger partial charge on any atom is -0.449 e. The summed E-state index contributed by atoms with van der Waals surface area (Å²) in [6.07, 6.45) is 1.49. The number of hydrazone groups is 1. The Bertz CT molecular complexity index is 427. The van der Waals surface area contributed by atoms with E-state index in [9.17, 15) is 4.79 Å². The molecule has 1 aromatic heterocycles. The van der Waals surface area contributed by atoms with Crippen molar-refractivity contribution in [2.24, 2.45) is 5.10 Å². The molecule has 6 nitrogen and oxygen atoms in total. The Labute approximate surface area is 118 Å². The summed E-state index contributed by atoms with van der Waals surface area (Å²) >= 11 is 2.07. The molecule has 1 aliphatic heterocycles. The van der Waals surface area contributed by atoms with Crippen LogP contribution in [0.2, 0.25) is 0 Å². The van der Waals surface area contributed by atoms with Gasteiger partial charge in [0.05, 0.1) is 26.0 Å². The van der Waals surface area contributed by atoms with Gasteiger partial charge in [0.1, 0.15) is 5.76 Å². The molecule has 1 N–H and O–H groups in total. The number of nitrogens with zero attached hydrogens (tertiary/aromatic N) is 2. The number of morpholine rings is 1. The molecule has 0 aromatic carbocycles. The Balaban J connectivity index is 1.72.